The van der Waals surface area contributed by atoms with E-state index in [2.05, 4.69) is 30.7 Å². The van der Waals surface area contributed by atoms with Gasteiger partial charge in [-0.15, -0.1) is 11.3 Å². The number of hydrogen-bond acceptors (Lipinski definition) is 14. The number of likely N-dealkylation sites (tertiary alicyclic amines) is 2. The van der Waals surface area contributed by atoms with Crippen molar-refractivity contribution in [1.82, 2.24) is 35.7 Å². The van der Waals surface area contributed by atoms with Crippen molar-refractivity contribution in [3.63, 3.8) is 0 Å². The van der Waals surface area contributed by atoms with Crippen LogP contribution in [-0.4, -0.2) is 131 Å². The molecule has 4 fully saturated rings. The monoisotopic (exact) mass is 1170 g/mol. The minimum Gasteiger partial charge on any atom is -0.462 e. The lowest BCUT2D eigenvalue weighted by atomic mass is 9.85. The Morgan fingerprint density at radius 1 is 0.951 bits per heavy atom. The van der Waals surface area contributed by atoms with Crippen LogP contribution in [0.15, 0.2) is 54.6 Å². The number of rotatable bonds is 18. The Labute approximate surface area is 480 Å². The van der Waals surface area contributed by atoms with Gasteiger partial charge in [-0.25, -0.2) is 22.0 Å². The number of aromatic nitrogens is 2. The van der Waals surface area contributed by atoms with Gasteiger partial charge in [0.25, 0.3) is 0 Å². The minimum atomic E-state index is -1.05. The van der Waals surface area contributed by atoms with E-state index in [4.69, 9.17) is 31.8 Å². The molecular weight excluding hydrogens is 1110 g/mol. The Morgan fingerprint density at radius 2 is 1.67 bits per heavy atom. The summed E-state index contributed by atoms with van der Waals surface area (Å²) < 4.78 is 87.2. The lowest BCUT2D eigenvalue weighted by molar-refractivity contribution is -0.144. The number of nitrogens with one attached hydrogen (secondary N) is 3. The highest BCUT2D eigenvalue weighted by molar-refractivity contribution is 7.23. The van der Waals surface area contributed by atoms with E-state index in [0.717, 1.165) is 43.6 Å². The zero-order valence-corrected chi connectivity index (χ0v) is 47.3. The number of nitrogens with zero attached hydrogens (tertiary/aromatic N) is 6. The Morgan fingerprint density at radius 3 is 2.37 bits per heavy atom. The number of aliphatic hydroxyl groups excluding tert-OH is 1. The topological polar surface area (TPSA) is 211 Å². The molecule has 6 heterocycles. The van der Waals surface area contributed by atoms with E-state index in [0.29, 0.717) is 61.6 Å². The van der Waals surface area contributed by atoms with Gasteiger partial charge in [0, 0.05) is 92.2 Å². The molecule has 4 aliphatic heterocycles. The van der Waals surface area contributed by atoms with Gasteiger partial charge in [0.15, 0.2) is 5.82 Å². The van der Waals surface area contributed by atoms with Gasteiger partial charge in [-0.2, -0.15) is 15.2 Å². The van der Waals surface area contributed by atoms with E-state index in [-0.39, 0.29) is 110 Å². The Bertz CT molecular complexity index is 3440. The highest BCUT2D eigenvalue weighted by atomic mass is 35.5. The average Bonchev–Trinajstić information content (AvgIpc) is 4.37. The van der Waals surface area contributed by atoms with Crippen LogP contribution < -0.4 is 31.3 Å². The molecule has 0 radical (unpaired) electrons. The highest BCUT2D eigenvalue weighted by Gasteiger charge is 2.45. The summed E-state index contributed by atoms with van der Waals surface area (Å²) in [4.78, 5) is 56.6. The standard InChI is InChI=1S/C59H64ClF5N10O6S/c1-30(31-8-10-32(11-9-31)47-43(63)21-33(61)22-44(47)64)68-56(78)45-23-37(76)28-75(45)57(79)53(59(2,3)4)70-46(77)16-20-80-19-6-18-73-17-5-7-36(73)29-81-58-71-51-39(55(72-58)74-26-34-12-13-35(27-74)69-34)24-41(60)49(50(51)65)38-14-15-42(62)52-48(38)40(25-66)54(67)82-52/h8-11,14-15,21-22,24,30,34-37,45,53,69,76H,5-7,12-13,16-20,23,26-29,67H2,1-4H3,(H,68,78)(H,70,77)/t30-,34?,35?,36?,37+,45-,53+/m0/s1. The molecule has 4 saturated heterocycles. The number of piperazine rings is 1. The molecule has 23 heteroatoms. The fourth-order valence-electron chi connectivity index (χ4n) is 11.9. The number of amides is 3. The molecule has 6 aromatic rings. The van der Waals surface area contributed by atoms with Crippen LogP contribution in [0.1, 0.15) is 89.8 Å². The predicted molar refractivity (Wildman–Crippen MR) is 303 cm³/mol. The number of halogens is 6. The summed E-state index contributed by atoms with van der Waals surface area (Å²) in [6.07, 6.45) is 3.31. The summed E-state index contributed by atoms with van der Waals surface area (Å²) in [6.45, 7) is 10.3. The highest BCUT2D eigenvalue weighted by Crippen LogP contribution is 2.46. The number of nitriles is 1. The van der Waals surface area contributed by atoms with Crippen molar-refractivity contribution in [2.75, 3.05) is 63.2 Å². The van der Waals surface area contributed by atoms with Crippen LogP contribution >= 0.6 is 22.9 Å². The minimum absolute atomic E-state index is 0.00861. The molecule has 10 rings (SSSR count). The molecule has 2 aromatic heterocycles. The molecule has 3 amide bonds. The summed E-state index contributed by atoms with van der Waals surface area (Å²) in [5, 5.41) is 30.8. The molecule has 2 bridgehead atoms. The molecule has 16 nitrogen and oxygen atoms in total. The summed E-state index contributed by atoms with van der Waals surface area (Å²) in [5.74, 6) is -5.51. The second-order valence-corrected chi connectivity index (χ2v) is 24.2. The zero-order valence-electron chi connectivity index (χ0n) is 45.8. The quantitative estimate of drug-likeness (QED) is 0.0403. The van der Waals surface area contributed by atoms with Crippen LogP contribution in [0, 0.1) is 45.8 Å². The third kappa shape index (κ3) is 12.2. The SMILES string of the molecule is C[C@H](NC(=O)[C@@H]1C[C@@H](O)CN1C(=O)[C@@H](NC(=O)CCOCCCN1CCCC1COc1nc(N2CC3CCC(C2)N3)c2cc(Cl)c(-c3ccc(F)c4sc(N)c(C#N)c34)c(F)c2n1)C(C)(C)C)c1ccc(-c2c(F)cc(F)cc2F)cc1. The van der Waals surface area contributed by atoms with Crippen LogP contribution in [0.5, 0.6) is 6.01 Å². The van der Waals surface area contributed by atoms with Gasteiger partial charge in [0.2, 0.25) is 17.7 Å². The first-order valence-electron chi connectivity index (χ1n) is 27.6. The van der Waals surface area contributed by atoms with Crippen molar-refractivity contribution in [1.29, 1.82) is 5.26 Å². The Hall–Kier alpha value is -6.74. The van der Waals surface area contributed by atoms with Crippen molar-refractivity contribution in [3.8, 4) is 34.3 Å². The number of anilines is 2. The second kappa shape index (κ2) is 24.2. The normalized spacial score (nSPS) is 20.8. The average molecular weight is 1170 g/mol. The van der Waals surface area contributed by atoms with Gasteiger partial charge in [0.1, 0.15) is 64.4 Å². The molecule has 0 aliphatic carbocycles. The number of hydrogen-bond donors (Lipinski definition) is 5. The molecule has 4 aliphatic rings. The smallest absolute Gasteiger partial charge is 0.319 e. The number of fused-ring (bicyclic) bond motifs is 4. The lowest BCUT2D eigenvalue weighted by Crippen LogP contribution is -2.58. The lowest BCUT2D eigenvalue weighted by Gasteiger charge is -2.35. The summed E-state index contributed by atoms with van der Waals surface area (Å²) in [5.41, 5.74) is 5.89. The van der Waals surface area contributed by atoms with Crippen molar-refractivity contribution >= 4 is 72.5 Å². The number of carbonyl (C=O) groups excluding carboxylic acids is 3. The third-order valence-electron chi connectivity index (χ3n) is 16.0. The maximum Gasteiger partial charge on any atom is 0.319 e. The largest absolute Gasteiger partial charge is 0.462 e. The van der Waals surface area contributed by atoms with Gasteiger partial charge in [-0.3, -0.25) is 19.3 Å². The molecule has 0 saturated carbocycles. The molecule has 434 valence electrons. The maximum atomic E-state index is 17.3. The van der Waals surface area contributed by atoms with E-state index in [1.807, 2.05) is 6.07 Å². The van der Waals surface area contributed by atoms with Crippen molar-refractivity contribution in [3.05, 3.63) is 99.8 Å². The van der Waals surface area contributed by atoms with E-state index in [1.165, 1.54) is 29.2 Å². The van der Waals surface area contributed by atoms with Gasteiger partial charge in [-0.05, 0) is 79.8 Å². The number of aliphatic hydroxyl groups is 1. The molecule has 7 atom stereocenters. The first-order chi connectivity index (χ1) is 39.2. The molecule has 6 N–H and O–H groups in total. The zero-order chi connectivity index (χ0) is 58.3. The first-order valence-corrected chi connectivity index (χ1v) is 28.8. The van der Waals surface area contributed by atoms with Crippen LogP contribution in [-0.2, 0) is 19.1 Å². The van der Waals surface area contributed by atoms with E-state index in [1.54, 1.807) is 45.9 Å². The summed E-state index contributed by atoms with van der Waals surface area (Å²) >= 11 is 7.85. The van der Waals surface area contributed by atoms with Crippen LogP contribution in [0.25, 0.3) is 43.2 Å². The Balaban J connectivity index is 0.732. The van der Waals surface area contributed by atoms with E-state index >= 15 is 8.78 Å². The number of nitrogen functional groups attached to an aromatic ring is 1. The number of ether oxygens (including phenoxy) is 2. The van der Waals surface area contributed by atoms with Crippen LogP contribution in [0.2, 0.25) is 5.02 Å². The van der Waals surface area contributed by atoms with Gasteiger partial charge >= 0.3 is 6.01 Å². The number of carbonyl (C=O) groups is 3. The molecule has 3 unspecified atom stereocenters. The molecule has 0 spiro atoms. The number of thiophene rings is 1. The third-order valence-corrected chi connectivity index (χ3v) is 17.3. The van der Waals surface area contributed by atoms with Crippen molar-refractivity contribution in [2.45, 2.75) is 115 Å². The molecular formula is C59H64ClF5N10O6S. The van der Waals surface area contributed by atoms with Gasteiger partial charge in [0.05, 0.1) is 39.6 Å². The van der Waals surface area contributed by atoms with E-state index in [9.17, 15) is 37.9 Å². The van der Waals surface area contributed by atoms with Gasteiger partial charge < -0.3 is 46.1 Å². The fourth-order valence-corrected chi connectivity index (χ4v) is 13.1. The van der Waals surface area contributed by atoms with E-state index < -0.39 is 76.5 Å². The number of benzene rings is 4. The summed E-state index contributed by atoms with van der Waals surface area (Å²) in [6, 6.07) is 11.2. The molecule has 82 heavy (non-hydrogen) atoms. The Kier molecular flexibility index (Phi) is 17.3. The first kappa shape index (κ1) is 58.5. The van der Waals surface area contributed by atoms with Crippen molar-refractivity contribution in [2.24, 2.45) is 5.41 Å². The number of nitrogens with two attached hydrogens (primary N) is 1. The predicted octanol–water partition coefficient (Wildman–Crippen LogP) is 8.93. The maximum absolute atomic E-state index is 17.3. The van der Waals surface area contributed by atoms with Gasteiger partial charge in [-0.1, -0.05) is 62.7 Å². The van der Waals surface area contributed by atoms with Crippen LogP contribution in [0.3, 0.4) is 0 Å². The second-order valence-electron chi connectivity index (χ2n) is 22.8. The fraction of sp³-hybridized carbons (Fsp3) is 0.458. The molecule has 4 aromatic carbocycles. The van der Waals surface area contributed by atoms with Crippen molar-refractivity contribution < 1.29 is 50.9 Å². The number of β-amino-alcohol motifs (C(OH)–C–C–N with tert-alkyl or cyclic N) is 1. The summed E-state index contributed by atoms with van der Waals surface area (Å²) in [7, 11) is 0. The van der Waals surface area contributed by atoms with Crippen LogP contribution in [0.4, 0.5) is 32.8 Å².